The van der Waals surface area contributed by atoms with Gasteiger partial charge < -0.3 is 11.1 Å². The molecule has 110 valence electrons. The highest BCUT2D eigenvalue weighted by Crippen LogP contribution is 2.35. The van der Waals surface area contributed by atoms with Gasteiger partial charge in [0.1, 0.15) is 0 Å². The number of aryl methyl sites for hydroxylation is 1. The molecule has 0 aliphatic carbocycles. The quantitative estimate of drug-likeness (QED) is 0.630. The van der Waals surface area contributed by atoms with Gasteiger partial charge in [-0.2, -0.15) is 0 Å². The normalized spacial score (nSPS) is 11.9. The molecule has 0 saturated heterocycles. The topological polar surface area (TPSA) is 38.0 Å². The summed E-state index contributed by atoms with van der Waals surface area (Å²) >= 11 is 6.73. The fourth-order valence-electron chi connectivity index (χ4n) is 2.10. The van der Waals surface area contributed by atoms with E-state index in [1.54, 1.807) is 0 Å². The molecule has 0 aliphatic heterocycles. The molecule has 1 atom stereocenters. The summed E-state index contributed by atoms with van der Waals surface area (Å²) in [6.07, 6.45) is 0. The Morgan fingerprint density at radius 3 is 2.33 bits per heavy atom. The molecule has 0 amide bonds. The van der Waals surface area contributed by atoms with Crippen molar-refractivity contribution in [3.8, 4) is 0 Å². The lowest BCUT2D eigenvalue weighted by Gasteiger charge is -2.18. The minimum absolute atomic E-state index is 0.333. The highest BCUT2D eigenvalue weighted by molar-refractivity contribution is 7.99. The van der Waals surface area contributed by atoms with E-state index in [1.807, 2.05) is 11.8 Å². The molecule has 21 heavy (non-hydrogen) atoms. The van der Waals surface area contributed by atoms with Crippen LogP contribution in [-0.2, 0) is 0 Å². The SMILES string of the molecule is Cc1ccc(C(SCCNC(N)=S)c2ccccc2)cc1. The molecule has 0 saturated carbocycles. The van der Waals surface area contributed by atoms with Crippen molar-refractivity contribution in [2.75, 3.05) is 12.3 Å². The van der Waals surface area contributed by atoms with Crippen molar-refractivity contribution in [1.29, 1.82) is 0 Å². The Balaban J connectivity index is 2.11. The van der Waals surface area contributed by atoms with Crippen LogP contribution in [0, 0.1) is 6.92 Å². The molecule has 1 unspecified atom stereocenters. The Morgan fingerprint density at radius 2 is 1.71 bits per heavy atom. The summed E-state index contributed by atoms with van der Waals surface area (Å²) < 4.78 is 0. The molecule has 0 bridgehead atoms. The Hall–Kier alpha value is -1.52. The molecular weight excluding hydrogens is 296 g/mol. The van der Waals surface area contributed by atoms with Crippen LogP contribution in [0.15, 0.2) is 54.6 Å². The van der Waals surface area contributed by atoms with Crippen LogP contribution in [0.2, 0.25) is 0 Å². The van der Waals surface area contributed by atoms with E-state index in [0.29, 0.717) is 10.4 Å². The van der Waals surface area contributed by atoms with Gasteiger partial charge in [0.05, 0.1) is 5.25 Å². The first kappa shape index (κ1) is 15.9. The predicted octanol–water partition coefficient (Wildman–Crippen LogP) is 3.65. The first-order chi connectivity index (χ1) is 10.2. The number of nitrogens with two attached hydrogens (primary N) is 1. The highest BCUT2D eigenvalue weighted by atomic mass is 32.2. The number of thioether (sulfide) groups is 1. The molecule has 2 nitrogen and oxygen atoms in total. The second-order valence-corrected chi connectivity index (χ2v) is 6.52. The number of hydrogen-bond donors (Lipinski definition) is 2. The molecule has 4 heteroatoms. The monoisotopic (exact) mass is 316 g/mol. The van der Waals surface area contributed by atoms with Gasteiger partial charge in [0, 0.05) is 12.3 Å². The van der Waals surface area contributed by atoms with E-state index in [9.17, 15) is 0 Å². The molecule has 0 aromatic heterocycles. The fourth-order valence-corrected chi connectivity index (χ4v) is 3.36. The Labute approximate surface area is 136 Å². The molecule has 2 aromatic carbocycles. The van der Waals surface area contributed by atoms with E-state index in [-0.39, 0.29) is 0 Å². The molecule has 0 radical (unpaired) electrons. The Kier molecular flexibility index (Phi) is 6.08. The lowest BCUT2D eigenvalue weighted by molar-refractivity contribution is 0.978. The summed E-state index contributed by atoms with van der Waals surface area (Å²) in [5.74, 6) is 0.949. The van der Waals surface area contributed by atoms with Gasteiger partial charge in [0.15, 0.2) is 5.11 Å². The van der Waals surface area contributed by atoms with E-state index in [1.165, 1.54) is 16.7 Å². The summed E-state index contributed by atoms with van der Waals surface area (Å²) in [4.78, 5) is 0. The van der Waals surface area contributed by atoms with E-state index < -0.39 is 0 Å². The van der Waals surface area contributed by atoms with Crippen LogP contribution in [0.3, 0.4) is 0 Å². The van der Waals surface area contributed by atoms with E-state index in [2.05, 4.69) is 66.8 Å². The van der Waals surface area contributed by atoms with Crippen molar-refractivity contribution in [2.45, 2.75) is 12.2 Å². The Morgan fingerprint density at radius 1 is 1.10 bits per heavy atom. The molecule has 0 aliphatic rings. The standard InChI is InChI=1S/C17H20N2S2/c1-13-7-9-15(10-8-13)16(14-5-3-2-4-6-14)21-12-11-19-17(18)20/h2-10,16H,11-12H2,1H3,(H3,18,19,20). The van der Waals surface area contributed by atoms with E-state index in [0.717, 1.165) is 12.3 Å². The maximum absolute atomic E-state index is 5.46. The molecule has 2 aromatic rings. The predicted molar refractivity (Wildman–Crippen MR) is 96.7 cm³/mol. The summed E-state index contributed by atoms with van der Waals surface area (Å²) in [5.41, 5.74) is 9.39. The molecule has 3 N–H and O–H groups in total. The van der Waals surface area contributed by atoms with Gasteiger partial charge in [-0.05, 0) is 30.3 Å². The Bertz CT molecular complexity index is 567. The van der Waals surface area contributed by atoms with Crippen LogP contribution in [0.25, 0.3) is 0 Å². The van der Waals surface area contributed by atoms with Crippen LogP contribution in [0.1, 0.15) is 21.9 Å². The average molecular weight is 316 g/mol. The van der Waals surface area contributed by atoms with Crippen molar-refractivity contribution < 1.29 is 0 Å². The van der Waals surface area contributed by atoms with Gasteiger partial charge in [-0.25, -0.2) is 0 Å². The summed E-state index contributed by atoms with van der Waals surface area (Å²) in [5, 5.41) is 3.70. The van der Waals surface area contributed by atoms with E-state index in [4.69, 9.17) is 18.0 Å². The minimum Gasteiger partial charge on any atom is -0.376 e. The molecule has 2 rings (SSSR count). The minimum atomic E-state index is 0.333. The average Bonchev–Trinajstić information content (AvgIpc) is 2.49. The first-order valence-electron chi connectivity index (χ1n) is 6.93. The highest BCUT2D eigenvalue weighted by Gasteiger charge is 2.14. The van der Waals surface area contributed by atoms with Crippen molar-refractivity contribution in [3.05, 3.63) is 71.3 Å². The van der Waals surface area contributed by atoms with Gasteiger partial charge >= 0.3 is 0 Å². The zero-order valence-corrected chi connectivity index (χ0v) is 13.7. The number of nitrogens with one attached hydrogen (secondary N) is 1. The molecule has 0 heterocycles. The van der Waals surface area contributed by atoms with E-state index >= 15 is 0 Å². The number of thiocarbonyl (C=S) groups is 1. The van der Waals surface area contributed by atoms with Gasteiger partial charge in [0.2, 0.25) is 0 Å². The van der Waals surface area contributed by atoms with Crippen molar-refractivity contribution >= 4 is 29.1 Å². The zero-order chi connectivity index (χ0) is 15.1. The summed E-state index contributed by atoms with van der Waals surface area (Å²) in [6.45, 7) is 2.90. The third-order valence-electron chi connectivity index (χ3n) is 3.17. The number of hydrogen-bond acceptors (Lipinski definition) is 2. The molecule has 0 fully saturated rings. The summed E-state index contributed by atoms with van der Waals surface area (Å²) in [6, 6.07) is 19.3. The first-order valence-corrected chi connectivity index (χ1v) is 8.39. The second-order valence-electron chi connectivity index (χ2n) is 4.86. The molecule has 0 spiro atoms. The smallest absolute Gasteiger partial charge is 0.163 e. The second kappa shape index (κ2) is 8.05. The van der Waals surface area contributed by atoms with Crippen LogP contribution in [0.5, 0.6) is 0 Å². The summed E-state index contributed by atoms with van der Waals surface area (Å²) in [7, 11) is 0. The number of rotatable bonds is 6. The van der Waals surface area contributed by atoms with Crippen molar-refractivity contribution in [2.24, 2.45) is 5.73 Å². The maximum atomic E-state index is 5.46. The largest absolute Gasteiger partial charge is 0.376 e. The van der Waals surface area contributed by atoms with Crippen molar-refractivity contribution in [3.63, 3.8) is 0 Å². The zero-order valence-electron chi connectivity index (χ0n) is 12.1. The van der Waals surface area contributed by atoms with Crippen molar-refractivity contribution in [1.82, 2.24) is 5.32 Å². The lowest BCUT2D eigenvalue weighted by Crippen LogP contribution is -2.30. The van der Waals surface area contributed by atoms with Gasteiger partial charge in [-0.3, -0.25) is 0 Å². The van der Waals surface area contributed by atoms with Crippen LogP contribution in [0.4, 0.5) is 0 Å². The lowest BCUT2D eigenvalue weighted by atomic mass is 10.0. The van der Waals surface area contributed by atoms with Crippen LogP contribution in [-0.4, -0.2) is 17.4 Å². The maximum Gasteiger partial charge on any atom is 0.163 e. The van der Waals surface area contributed by atoms with Crippen LogP contribution < -0.4 is 11.1 Å². The third kappa shape index (κ3) is 5.06. The molecular formula is C17H20N2S2. The fraction of sp³-hybridized carbons (Fsp3) is 0.235. The van der Waals surface area contributed by atoms with Gasteiger partial charge in [-0.15, -0.1) is 11.8 Å². The number of benzene rings is 2. The van der Waals surface area contributed by atoms with Gasteiger partial charge in [0.25, 0.3) is 0 Å². The van der Waals surface area contributed by atoms with Gasteiger partial charge in [-0.1, -0.05) is 60.2 Å². The third-order valence-corrected chi connectivity index (χ3v) is 4.63. The van der Waals surface area contributed by atoms with Crippen LogP contribution >= 0.6 is 24.0 Å².